The van der Waals surface area contributed by atoms with E-state index in [1.807, 2.05) is 0 Å². The lowest BCUT2D eigenvalue weighted by molar-refractivity contribution is 1.58. The maximum atomic E-state index is 2.37. The van der Waals surface area contributed by atoms with Gasteiger partial charge in [-0.15, -0.1) is 0 Å². The van der Waals surface area contributed by atoms with Crippen molar-refractivity contribution in [1.29, 1.82) is 0 Å². The second-order valence-electron chi connectivity index (χ2n) is 17.1. The Morgan fingerprint density at radius 2 is 0.545 bits per heavy atom. The minimum Gasteiger partial charge on any atom is -0.0622 e. The van der Waals surface area contributed by atoms with Crippen LogP contribution in [-0.2, 0) is 0 Å². The van der Waals surface area contributed by atoms with Crippen molar-refractivity contribution in [2.24, 2.45) is 0 Å². The van der Waals surface area contributed by atoms with E-state index < -0.39 is 0 Å². The first-order valence-electron chi connectivity index (χ1n) is 22.8. The van der Waals surface area contributed by atoms with E-state index in [1.54, 1.807) is 0 Å². The van der Waals surface area contributed by atoms with E-state index in [0.717, 1.165) is 5.56 Å². The highest BCUT2D eigenvalue weighted by atomic mass is 14.2. The van der Waals surface area contributed by atoms with Gasteiger partial charge in [0.15, 0.2) is 0 Å². The standard InChI is InChI=1S/C66H44/c1-3-21-48(22-4-1)63-55-29-9-11-31-57(55)65(58-32-12-10-30-56(58)63)50-41-39-46(40-42-50)51-25-17-19-45(43-51)37-38-47-20-7-8-28-54(47)52-26-18-27-53(44-52)66-61-35-15-13-33-59(61)64(49-23-5-2-6-24-49)60-34-14-16-36-62(60)66/h1-44H. The van der Waals surface area contributed by atoms with Crippen molar-refractivity contribution < 1.29 is 0 Å². The molecular formula is C66H44. The summed E-state index contributed by atoms with van der Waals surface area (Å²) in [5.74, 6) is 0. The van der Waals surface area contributed by atoms with E-state index in [4.69, 9.17) is 0 Å². The molecule has 308 valence electrons. The molecule has 0 saturated carbocycles. The van der Waals surface area contributed by atoms with Crippen molar-refractivity contribution in [3.63, 3.8) is 0 Å². The molecule has 0 fully saturated rings. The van der Waals surface area contributed by atoms with Gasteiger partial charge in [-0.1, -0.05) is 255 Å². The Labute approximate surface area is 386 Å². The zero-order valence-electron chi connectivity index (χ0n) is 36.4. The van der Waals surface area contributed by atoms with Gasteiger partial charge in [-0.2, -0.15) is 0 Å². The van der Waals surface area contributed by atoms with Crippen LogP contribution in [0.2, 0.25) is 0 Å². The van der Waals surface area contributed by atoms with Gasteiger partial charge in [-0.05, 0) is 133 Å². The van der Waals surface area contributed by atoms with E-state index in [1.165, 1.54) is 115 Å². The molecular weight excluding hydrogens is 793 g/mol. The summed E-state index contributed by atoms with van der Waals surface area (Å²) >= 11 is 0. The monoisotopic (exact) mass is 836 g/mol. The molecule has 0 radical (unpaired) electrons. The molecule has 0 nitrogen and oxygen atoms in total. The Balaban J connectivity index is 0.876. The van der Waals surface area contributed by atoms with E-state index in [2.05, 4.69) is 267 Å². The van der Waals surface area contributed by atoms with Crippen LogP contribution in [0.1, 0.15) is 11.1 Å². The molecule has 0 aromatic heterocycles. The summed E-state index contributed by atoms with van der Waals surface area (Å²) in [5.41, 5.74) is 17.1. The molecule has 0 atom stereocenters. The number of hydrogen-bond acceptors (Lipinski definition) is 0. The summed E-state index contributed by atoms with van der Waals surface area (Å²) < 4.78 is 0. The molecule has 0 aliphatic heterocycles. The summed E-state index contributed by atoms with van der Waals surface area (Å²) in [6.45, 7) is 0. The molecule has 0 bridgehead atoms. The molecule has 12 aromatic rings. The van der Waals surface area contributed by atoms with Crippen LogP contribution in [0.5, 0.6) is 0 Å². The van der Waals surface area contributed by atoms with Gasteiger partial charge in [-0.3, -0.25) is 0 Å². The fourth-order valence-corrected chi connectivity index (χ4v) is 10.3. The molecule has 0 spiro atoms. The second kappa shape index (κ2) is 16.8. The largest absolute Gasteiger partial charge is 0.0622 e. The molecule has 0 heteroatoms. The molecule has 0 amide bonds. The van der Waals surface area contributed by atoms with Crippen molar-refractivity contribution in [2.45, 2.75) is 0 Å². The van der Waals surface area contributed by atoms with Gasteiger partial charge in [-0.25, -0.2) is 0 Å². The first-order valence-corrected chi connectivity index (χ1v) is 22.8. The normalized spacial score (nSPS) is 11.6. The average molecular weight is 837 g/mol. The minimum atomic E-state index is 1.16. The molecule has 0 saturated heterocycles. The summed E-state index contributed by atoms with van der Waals surface area (Å²) in [6.07, 6.45) is 4.51. The minimum absolute atomic E-state index is 1.16. The number of fused-ring (bicyclic) bond motifs is 4. The molecule has 12 aromatic carbocycles. The third-order valence-electron chi connectivity index (χ3n) is 13.3. The summed E-state index contributed by atoms with van der Waals surface area (Å²) in [4.78, 5) is 0. The van der Waals surface area contributed by atoms with Crippen LogP contribution in [-0.4, -0.2) is 0 Å². The molecule has 66 heavy (non-hydrogen) atoms. The van der Waals surface area contributed by atoms with Gasteiger partial charge < -0.3 is 0 Å². The van der Waals surface area contributed by atoms with Crippen LogP contribution >= 0.6 is 0 Å². The van der Waals surface area contributed by atoms with Crippen LogP contribution in [0.3, 0.4) is 0 Å². The van der Waals surface area contributed by atoms with Crippen LogP contribution in [0.4, 0.5) is 0 Å². The highest BCUT2D eigenvalue weighted by Gasteiger charge is 2.18. The topological polar surface area (TPSA) is 0 Å². The van der Waals surface area contributed by atoms with Crippen LogP contribution < -0.4 is 0 Å². The third-order valence-corrected chi connectivity index (χ3v) is 13.3. The van der Waals surface area contributed by atoms with Crippen LogP contribution in [0, 0.1) is 0 Å². The van der Waals surface area contributed by atoms with Crippen molar-refractivity contribution in [1.82, 2.24) is 0 Å². The summed E-state index contributed by atoms with van der Waals surface area (Å²) in [5, 5.41) is 10.1. The average Bonchev–Trinajstić information content (AvgIpc) is 3.39. The Hall–Kier alpha value is -8.58. The predicted octanol–water partition coefficient (Wildman–Crippen LogP) is 18.5. The Morgan fingerprint density at radius 1 is 0.197 bits per heavy atom. The van der Waals surface area contributed by atoms with Crippen molar-refractivity contribution >= 4 is 55.2 Å². The Kier molecular flexibility index (Phi) is 9.97. The molecule has 0 aliphatic carbocycles. The molecule has 0 heterocycles. The molecule has 0 N–H and O–H groups in total. The lowest BCUT2D eigenvalue weighted by Gasteiger charge is -2.18. The van der Waals surface area contributed by atoms with Crippen molar-refractivity contribution in [3.8, 4) is 66.8 Å². The SMILES string of the molecule is C(=Cc1ccccc1-c1cccc(-c2c3ccccc3c(-c3ccccc3)c3ccccc23)c1)c1cccc(-c2ccc(-c3c4ccccc4c(-c4ccccc4)c4ccccc34)cc2)c1. The van der Waals surface area contributed by atoms with Gasteiger partial charge >= 0.3 is 0 Å². The highest BCUT2D eigenvalue weighted by Crippen LogP contribution is 2.46. The maximum absolute atomic E-state index is 2.37. The Bertz CT molecular complexity index is 3670. The van der Waals surface area contributed by atoms with E-state index in [0.29, 0.717) is 0 Å². The van der Waals surface area contributed by atoms with Crippen LogP contribution in [0.15, 0.2) is 255 Å². The third kappa shape index (κ3) is 6.97. The quantitative estimate of drug-likeness (QED) is 0.106. The highest BCUT2D eigenvalue weighted by molar-refractivity contribution is 6.22. The van der Waals surface area contributed by atoms with Gasteiger partial charge in [0.05, 0.1) is 0 Å². The van der Waals surface area contributed by atoms with Crippen molar-refractivity contribution in [2.75, 3.05) is 0 Å². The first kappa shape index (κ1) is 39.0. The predicted molar refractivity (Wildman–Crippen MR) is 284 cm³/mol. The lowest BCUT2D eigenvalue weighted by atomic mass is 9.85. The van der Waals surface area contributed by atoms with E-state index >= 15 is 0 Å². The number of hydrogen-bond donors (Lipinski definition) is 0. The van der Waals surface area contributed by atoms with Gasteiger partial charge in [0.25, 0.3) is 0 Å². The second-order valence-corrected chi connectivity index (χ2v) is 17.1. The zero-order valence-corrected chi connectivity index (χ0v) is 36.4. The van der Waals surface area contributed by atoms with Crippen LogP contribution in [0.25, 0.3) is 122 Å². The fraction of sp³-hybridized carbons (Fsp3) is 0. The molecule has 0 unspecified atom stereocenters. The molecule has 12 rings (SSSR count). The number of benzene rings is 12. The lowest BCUT2D eigenvalue weighted by Crippen LogP contribution is -1.91. The molecule has 0 aliphatic rings. The first-order chi connectivity index (χ1) is 32.8. The summed E-state index contributed by atoms with van der Waals surface area (Å²) in [6, 6.07) is 92.9. The summed E-state index contributed by atoms with van der Waals surface area (Å²) in [7, 11) is 0. The van der Waals surface area contributed by atoms with E-state index in [9.17, 15) is 0 Å². The van der Waals surface area contributed by atoms with Gasteiger partial charge in [0.1, 0.15) is 0 Å². The van der Waals surface area contributed by atoms with Gasteiger partial charge in [0.2, 0.25) is 0 Å². The number of rotatable bonds is 8. The van der Waals surface area contributed by atoms with Gasteiger partial charge in [0, 0.05) is 0 Å². The van der Waals surface area contributed by atoms with Crippen molar-refractivity contribution in [3.05, 3.63) is 266 Å². The maximum Gasteiger partial charge on any atom is -0.00262 e. The Morgan fingerprint density at radius 3 is 1.05 bits per heavy atom. The van der Waals surface area contributed by atoms with E-state index in [-0.39, 0.29) is 0 Å². The smallest absolute Gasteiger partial charge is 0.00262 e. The zero-order chi connectivity index (χ0) is 43.8. The fourth-order valence-electron chi connectivity index (χ4n) is 10.3.